The zero-order valence-corrected chi connectivity index (χ0v) is 18.8. The maximum atomic E-state index is 13.1. The van der Waals surface area contributed by atoms with Gasteiger partial charge in [0.1, 0.15) is 11.0 Å². The zero-order valence-electron chi connectivity index (χ0n) is 18.0. The molecule has 2 aromatic heterocycles. The molecule has 1 amide bonds. The SMILES string of the molecule is CCCCCN1C(=O)C(C)(C)c2cc3[nH]c(-c4cc5ccccc5nc4Cl)nc3cc21. The van der Waals surface area contributed by atoms with Crippen LogP contribution in [0.25, 0.3) is 33.3 Å². The number of benzene rings is 2. The first-order valence-electron chi connectivity index (χ1n) is 10.8. The largest absolute Gasteiger partial charge is 0.338 e. The van der Waals surface area contributed by atoms with Crippen LogP contribution in [0.15, 0.2) is 42.5 Å². The van der Waals surface area contributed by atoms with E-state index in [1.165, 1.54) is 0 Å². The molecule has 158 valence electrons. The van der Waals surface area contributed by atoms with Crippen molar-refractivity contribution in [3.63, 3.8) is 0 Å². The maximum absolute atomic E-state index is 13.1. The first kappa shape index (κ1) is 20.0. The van der Waals surface area contributed by atoms with Gasteiger partial charge >= 0.3 is 0 Å². The number of hydrogen-bond donors (Lipinski definition) is 1. The number of para-hydroxylation sites is 1. The molecule has 0 saturated heterocycles. The van der Waals surface area contributed by atoms with Crippen molar-refractivity contribution in [2.75, 3.05) is 11.4 Å². The number of pyridine rings is 1. The Labute approximate surface area is 186 Å². The molecule has 1 N–H and O–H groups in total. The summed E-state index contributed by atoms with van der Waals surface area (Å²) in [7, 11) is 0. The van der Waals surface area contributed by atoms with E-state index in [0.717, 1.165) is 64.6 Å². The first-order valence-corrected chi connectivity index (χ1v) is 11.2. The van der Waals surface area contributed by atoms with E-state index in [2.05, 4.69) is 23.0 Å². The van der Waals surface area contributed by atoms with Crippen molar-refractivity contribution in [3.8, 4) is 11.4 Å². The molecule has 0 aliphatic carbocycles. The number of H-pyrrole nitrogens is 1. The second-order valence-electron chi connectivity index (χ2n) is 8.78. The molecule has 1 aliphatic heterocycles. The Morgan fingerprint density at radius 3 is 2.68 bits per heavy atom. The number of aromatic amines is 1. The molecule has 0 saturated carbocycles. The van der Waals surface area contributed by atoms with Crippen LogP contribution in [0.2, 0.25) is 5.15 Å². The Morgan fingerprint density at radius 1 is 1.06 bits per heavy atom. The smallest absolute Gasteiger partial charge is 0.237 e. The van der Waals surface area contributed by atoms with E-state index < -0.39 is 5.41 Å². The van der Waals surface area contributed by atoms with Gasteiger partial charge in [0.05, 0.1) is 33.2 Å². The van der Waals surface area contributed by atoms with Crippen LogP contribution >= 0.6 is 11.6 Å². The van der Waals surface area contributed by atoms with Crippen molar-refractivity contribution in [1.29, 1.82) is 0 Å². The second-order valence-corrected chi connectivity index (χ2v) is 9.14. The second kappa shape index (κ2) is 7.34. The Bertz CT molecular complexity index is 1320. The predicted octanol–water partition coefficient (Wildman–Crippen LogP) is 6.25. The van der Waals surface area contributed by atoms with Gasteiger partial charge in [-0.05, 0) is 50.1 Å². The van der Waals surface area contributed by atoms with Crippen molar-refractivity contribution < 1.29 is 4.79 Å². The molecular weight excluding hydrogens is 408 g/mol. The van der Waals surface area contributed by atoms with Gasteiger partial charge in [0, 0.05) is 11.9 Å². The number of nitrogens with one attached hydrogen (secondary N) is 1. The molecule has 0 radical (unpaired) electrons. The molecule has 2 aromatic carbocycles. The van der Waals surface area contributed by atoms with Crippen molar-refractivity contribution in [3.05, 3.63) is 53.2 Å². The van der Waals surface area contributed by atoms with Gasteiger partial charge in [-0.15, -0.1) is 0 Å². The third kappa shape index (κ3) is 3.19. The summed E-state index contributed by atoms with van der Waals surface area (Å²) >= 11 is 6.50. The number of nitrogens with zero attached hydrogens (tertiary/aromatic N) is 3. The van der Waals surface area contributed by atoms with Crippen LogP contribution in [0.4, 0.5) is 5.69 Å². The lowest BCUT2D eigenvalue weighted by molar-refractivity contribution is -0.122. The summed E-state index contributed by atoms with van der Waals surface area (Å²) in [4.78, 5) is 27.8. The van der Waals surface area contributed by atoms with Crippen LogP contribution in [0.5, 0.6) is 0 Å². The lowest BCUT2D eigenvalue weighted by Crippen LogP contribution is -2.36. The molecule has 5 rings (SSSR count). The number of hydrogen-bond acceptors (Lipinski definition) is 3. The van der Waals surface area contributed by atoms with Crippen LogP contribution in [0.1, 0.15) is 45.6 Å². The highest BCUT2D eigenvalue weighted by Crippen LogP contribution is 2.44. The van der Waals surface area contributed by atoms with Gasteiger partial charge in [-0.2, -0.15) is 0 Å². The Morgan fingerprint density at radius 2 is 1.87 bits per heavy atom. The molecule has 3 heterocycles. The molecular formula is C25H25ClN4O. The fourth-order valence-corrected chi connectivity index (χ4v) is 4.69. The fraction of sp³-hybridized carbons (Fsp3) is 0.320. The monoisotopic (exact) mass is 432 g/mol. The summed E-state index contributed by atoms with van der Waals surface area (Å²) in [6, 6.07) is 14.0. The third-order valence-corrected chi connectivity index (χ3v) is 6.55. The highest BCUT2D eigenvalue weighted by Gasteiger charge is 2.44. The van der Waals surface area contributed by atoms with E-state index in [9.17, 15) is 4.79 Å². The zero-order chi connectivity index (χ0) is 21.8. The lowest BCUT2D eigenvalue weighted by Gasteiger charge is -2.20. The van der Waals surface area contributed by atoms with Gasteiger partial charge in [0.15, 0.2) is 0 Å². The highest BCUT2D eigenvalue weighted by atomic mass is 35.5. The molecule has 0 atom stereocenters. The van der Waals surface area contributed by atoms with Crippen LogP contribution in [0, 0.1) is 0 Å². The number of unbranched alkanes of at least 4 members (excludes halogenated alkanes) is 2. The molecule has 0 fully saturated rings. The predicted molar refractivity (Wildman–Crippen MR) is 127 cm³/mol. The van der Waals surface area contributed by atoms with Crippen molar-refractivity contribution in [2.24, 2.45) is 0 Å². The molecule has 0 spiro atoms. The van der Waals surface area contributed by atoms with Crippen molar-refractivity contribution in [1.82, 2.24) is 15.0 Å². The number of anilines is 1. The Kier molecular flexibility index (Phi) is 4.74. The summed E-state index contributed by atoms with van der Waals surface area (Å²) in [6.07, 6.45) is 3.24. The number of carbonyl (C=O) groups excluding carboxylic acids is 1. The summed E-state index contributed by atoms with van der Waals surface area (Å²) in [5, 5.41) is 1.43. The number of carbonyl (C=O) groups is 1. The topological polar surface area (TPSA) is 61.9 Å². The quantitative estimate of drug-likeness (QED) is 0.299. The third-order valence-electron chi connectivity index (χ3n) is 6.26. The van der Waals surface area contributed by atoms with Crippen molar-refractivity contribution in [2.45, 2.75) is 45.4 Å². The fourth-order valence-electron chi connectivity index (χ4n) is 4.46. The first-order chi connectivity index (χ1) is 14.9. The molecule has 0 unspecified atom stereocenters. The average molecular weight is 433 g/mol. The number of halogens is 1. The minimum absolute atomic E-state index is 0.160. The maximum Gasteiger partial charge on any atom is 0.237 e. The lowest BCUT2D eigenvalue weighted by atomic mass is 9.86. The van der Waals surface area contributed by atoms with Crippen molar-refractivity contribution >= 4 is 45.1 Å². The van der Waals surface area contributed by atoms with Crippen LogP contribution in [-0.4, -0.2) is 27.4 Å². The average Bonchev–Trinajstić information content (AvgIpc) is 3.24. The number of amides is 1. The summed E-state index contributed by atoms with van der Waals surface area (Å²) in [5.41, 5.74) is 4.81. The van der Waals surface area contributed by atoms with E-state index in [1.807, 2.05) is 55.1 Å². The minimum atomic E-state index is -0.552. The molecule has 4 aromatic rings. The van der Waals surface area contributed by atoms with Gasteiger partial charge in [0.2, 0.25) is 5.91 Å². The minimum Gasteiger partial charge on any atom is -0.338 e. The molecule has 1 aliphatic rings. The van der Waals surface area contributed by atoms with Gasteiger partial charge < -0.3 is 9.88 Å². The molecule has 5 nitrogen and oxygen atoms in total. The van der Waals surface area contributed by atoms with E-state index in [0.29, 0.717) is 11.0 Å². The number of rotatable bonds is 5. The van der Waals surface area contributed by atoms with E-state index >= 15 is 0 Å². The molecule has 0 bridgehead atoms. The van der Waals surface area contributed by atoms with E-state index in [-0.39, 0.29) is 5.91 Å². The summed E-state index contributed by atoms with van der Waals surface area (Å²) < 4.78 is 0. The van der Waals surface area contributed by atoms with Gasteiger partial charge in [-0.25, -0.2) is 9.97 Å². The van der Waals surface area contributed by atoms with Crippen LogP contribution < -0.4 is 4.90 Å². The Hall–Kier alpha value is -2.92. The van der Waals surface area contributed by atoms with Crippen LogP contribution in [-0.2, 0) is 10.2 Å². The van der Waals surface area contributed by atoms with E-state index in [1.54, 1.807) is 0 Å². The highest BCUT2D eigenvalue weighted by molar-refractivity contribution is 6.32. The van der Waals surface area contributed by atoms with Gasteiger partial charge in [-0.1, -0.05) is 49.6 Å². The summed E-state index contributed by atoms with van der Waals surface area (Å²) in [6.45, 7) is 6.92. The number of aromatic nitrogens is 3. The number of imidazole rings is 1. The van der Waals surface area contributed by atoms with E-state index in [4.69, 9.17) is 16.6 Å². The number of fused-ring (bicyclic) bond motifs is 3. The standard InChI is InChI=1S/C25H25ClN4O/c1-4-5-8-11-30-21-14-20-19(13-17(21)25(2,3)24(30)31)28-23(29-20)16-12-15-9-6-7-10-18(15)27-22(16)26/h6-7,9-10,12-14H,4-5,8,11H2,1-3H3,(H,28,29). The summed E-state index contributed by atoms with van der Waals surface area (Å²) in [5.74, 6) is 0.844. The molecule has 6 heteroatoms. The van der Waals surface area contributed by atoms with Crippen LogP contribution in [0.3, 0.4) is 0 Å². The Balaban J connectivity index is 1.61. The van der Waals surface area contributed by atoms with Gasteiger partial charge in [-0.3, -0.25) is 4.79 Å². The normalized spacial score (nSPS) is 15.2. The molecule has 31 heavy (non-hydrogen) atoms. The van der Waals surface area contributed by atoms with Gasteiger partial charge in [0.25, 0.3) is 0 Å².